The molecule has 9 heteroatoms. The van der Waals surface area contributed by atoms with Crippen molar-refractivity contribution in [1.29, 1.82) is 0 Å². The topological polar surface area (TPSA) is 85.8 Å². The lowest BCUT2D eigenvalue weighted by Gasteiger charge is -2.06. The van der Waals surface area contributed by atoms with E-state index in [0.29, 0.717) is 18.1 Å². The predicted octanol–water partition coefficient (Wildman–Crippen LogP) is 2.25. The molecule has 0 saturated heterocycles. The van der Waals surface area contributed by atoms with E-state index in [2.05, 4.69) is 31.2 Å². The van der Waals surface area contributed by atoms with Crippen molar-refractivity contribution in [2.45, 2.75) is 6.54 Å². The van der Waals surface area contributed by atoms with Crippen molar-refractivity contribution in [2.24, 2.45) is 7.05 Å². The first-order valence-corrected chi connectivity index (χ1v) is 7.61. The Balaban J connectivity index is 2.12. The first-order chi connectivity index (χ1) is 10.1. The van der Waals surface area contributed by atoms with Gasteiger partial charge in [-0.3, -0.25) is 0 Å². The third-order valence-corrected chi connectivity index (χ3v) is 4.87. The van der Waals surface area contributed by atoms with E-state index in [1.807, 2.05) is 11.4 Å². The quantitative estimate of drug-likeness (QED) is 0.764. The van der Waals surface area contributed by atoms with Crippen molar-refractivity contribution in [3.63, 3.8) is 0 Å². The van der Waals surface area contributed by atoms with Crippen molar-refractivity contribution in [1.82, 2.24) is 24.5 Å². The van der Waals surface area contributed by atoms with E-state index in [4.69, 9.17) is 0 Å². The Bertz CT molecular complexity index is 806. The molecule has 0 aliphatic rings. The van der Waals surface area contributed by atoms with Gasteiger partial charge in [0.05, 0.1) is 6.54 Å². The van der Waals surface area contributed by atoms with Gasteiger partial charge in [-0.2, -0.15) is 0 Å². The highest BCUT2D eigenvalue weighted by atomic mass is 79.9. The van der Waals surface area contributed by atoms with Crippen LogP contribution in [-0.2, 0) is 13.6 Å². The minimum absolute atomic E-state index is 0.100. The lowest BCUT2D eigenvalue weighted by molar-refractivity contribution is 0.0691. The lowest BCUT2D eigenvalue weighted by Crippen LogP contribution is -2.08. The molecule has 0 atom stereocenters. The molecule has 0 aliphatic heterocycles. The lowest BCUT2D eigenvalue weighted by atomic mass is 10.3. The number of hydrogen-bond acceptors (Lipinski definition) is 5. The summed E-state index contributed by atoms with van der Waals surface area (Å²) in [5.41, 5.74) is 0.298. The number of carboxylic acids is 1. The number of carbonyl (C=O) groups is 1. The maximum absolute atomic E-state index is 11.4. The highest BCUT2D eigenvalue weighted by Crippen LogP contribution is 2.26. The van der Waals surface area contributed by atoms with Crippen molar-refractivity contribution in [3.8, 4) is 11.5 Å². The number of hydrogen-bond donors (Lipinski definition) is 1. The van der Waals surface area contributed by atoms with Crippen LogP contribution in [0.15, 0.2) is 28.3 Å². The fourth-order valence-corrected chi connectivity index (χ4v) is 3.42. The van der Waals surface area contributed by atoms with Gasteiger partial charge < -0.3 is 9.67 Å². The van der Waals surface area contributed by atoms with Gasteiger partial charge in [0.15, 0.2) is 5.82 Å². The summed E-state index contributed by atoms with van der Waals surface area (Å²) in [6.07, 6.45) is 3.36. The van der Waals surface area contributed by atoms with Crippen LogP contribution in [0.1, 0.15) is 15.4 Å². The Labute approximate surface area is 132 Å². The van der Waals surface area contributed by atoms with Gasteiger partial charge in [0, 0.05) is 28.8 Å². The van der Waals surface area contributed by atoms with Gasteiger partial charge in [0.25, 0.3) is 0 Å². The smallest absolute Gasteiger partial charge is 0.358 e. The number of aryl methyl sites for hydroxylation is 1. The van der Waals surface area contributed by atoms with Crippen LogP contribution < -0.4 is 0 Å². The zero-order chi connectivity index (χ0) is 15.0. The second-order valence-corrected chi connectivity index (χ2v) is 6.16. The second-order valence-electron chi connectivity index (χ2n) is 4.30. The van der Waals surface area contributed by atoms with E-state index in [1.165, 1.54) is 0 Å². The highest BCUT2D eigenvalue weighted by Gasteiger charge is 2.24. The van der Waals surface area contributed by atoms with Gasteiger partial charge >= 0.3 is 5.97 Å². The number of imidazole rings is 1. The third kappa shape index (κ3) is 2.49. The van der Waals surface area contributed by atoms with Crippen LogP contribution in [0.4, 0.5) is 0 Å². The summed E-state index contributed by atoms with van der Waals surface area (Å²) in [6, 6.07) is 1.94. The van der Waals surface area contributed by atoms with Gasteiger partial charge in [-0.05, 0) is 27.4 Å². The van der Waals surface area contributed by atoms with Gasteiger partial charge in [-0.1, -0.05) is 5.21 Å². The van der Waals surface area contributed by atoms with Crippen molar-refractivity contribution in [3.05, 3.63) is 38.9 Å². The summed E-state index contributed by atoms with van der Waals surface area (Å²) in [5.74, 6) is -0.602. The largest absolute Gasteiger partial charge is 0.476 e. The SMILES string of the molecule is Cn1ccnc1-c1c(C(=O)O)nnn1Cc1sccc1Br. The van der Waals surface area contributed by atoms with E-state index < -0.39 is 5.97 Å². The van der Waals surface area contributed by atoms with E-state index >= 15 is 0 Å². The molecule has 0 spiro atoms. The number of aromatic carboxylic acids is 1. The number of nitrogens with zero attached hydrogens (tertiary/aromatic N) is 5. The number of halogens is 1. The molecule has 0 aliphatic carbocycles. The van der Waals surface area contributed by atoms with Crippen LogP contribution in [0.5, 0.6) is 0 Å². The van der Waals surface area contributed by atoms with E-state index in [1.54, 1.807) is 40.0 Å². The zero-order valence-electron chi connectivity index (χ0n) is 10.9. The highest BCUT2D eigenvalue weighted by molar-refractivity contribution is 9.10. The molecule has 0 fully saturated rings. The van der Waals surface area contributed by atoms with Crippen LogP contribution in [-0.4, -0.2) is 35.6 Å². The monoisotopic (exact) mass is 367 g/mol. The molecule has 0 bridgehead atoms. The van der Waals surface area contributed by atoms with Crippen LogP contribution in [0.3, 0.4) is 0 Å². The van der Waals surface area contributed by atoms with Crippen LogP contribution in [0, 0.1) is 0 Å². The molecule has 21 heavy (non-hydrogen) atoms. The average Bonchev–Trinajstić information content (AvgIpc) is 3.12. The first kappa shape index (κ1) is 14.0. The summed E-state index contributed by atoms with van der Waals surface area (Å²) < 4.78 is 4.26. The predicted molar refractivity (Wildman–Crippen MR) is 80.3 cm³/mol. The first-order valence-electron chi connectivity index (χ1n) is 5.94. The average molecular weight is 368 g/mol. The molecule has 0 unspecified atom stereocenters. The van der Waals surface area contributed by atoms with Gasteiger partial charge in [0.1, 0.15) is 5.69 Å². The number of thiophene rings is 1. The molecule has 0 aromatic carbocycles. The molecule has 1 N–H and O–H groups in total. The summed E-state index contributed by atoms with van der Waals surface area (Å²) in [5, 5.41) is 19.0. The molecule has 3 aromatic rings. The molecule has 108 valence electrons. The molecule has 3 heterocycles. The Morgan fingerprint density at radius 1 is 1.52 bits per heavy atom. The van der Waals surface area contributed by atoms with Crippen LogP contribution in [0.25, 0.3) is 11.5 Å². The zero-order valence-corrected chi connectivity index (χ0v) is 13.3. The van der Waals surface area contributed by atoms with Gasteiger partial charge in [-0.15, -0.1) is 16.4 Å². The molecule has 7 nitrogen and oxygen atoms in total. The minimum atomic E-state index is -1.12. The minimum Gasteiger partial charge on any atom is -0.476 e. The molecule has 3 aromatic heterocycles. The summed E-state index contributed by atoms with van der Waals surface area (Å²) >= 11 is 5.02. The van der Waals surface area contributed by atoms with Crippen LogP contribution >= 0.6 is 27.3 Å². The standard InChI is InChI=1S/C12H10BrN5O2S/c1-17-4-3-14-11(17)10-9(12(19)20)15-16-18(10)6-8-7(13)2-5-21-8/h2-5H,6H2,1H3,(H,19,20). The molecule has 0 amide bonds. The number of carboxylic acid groups (broad SMARTS) is 1. The molecular weight excluding hydrogens is 358 g/mol. The Morgan fingerprint density at radius 2 is 2.33 bits per heavy atom. The maximum atomic E-state index is 11.4. The third-order valence-electron chi connectivity index (χ3n) is 2.96. The Hall–Kier alpha value is -2.00. The van der Waals surface area contributed by atoms with Gasteiger partial charge in [-0.25, -0.2) is 14.5 Å². The number of aromatic nitrogens is 5. The van der Waals surface area contributed by atoms with E-state index in [9.17, 15) is 9.90 Å². The molecule has 0 saturated carbocycles. The molecule has 3 rings (SSSR count). The second kappa shape index (κ2) is 5.41. The normalized spacial score (nSPS) is 11.0. The fraction of sp³-hybridized carbons (Fsp3) is 0.167. The maximum Gasteiger partial charge on any atom is 0.358 e. The summed E-state index contributed by atoms with van der Waals surface area (Å²) in [7, 11) is 1.80. The summed E-state index contributed by atoms with van der Waals surface area (Å²) in [6.45, 7) is 0.431. The number of rotatable bonds is 4. The Morgan fingerprint density at radius 3 is 2.90 bits per heavy atom. The summed E-state index contributed by atoms with van der Waals surface area (Å²) in [4.78, 5) is 16.6. The Kier molecular flexibility index (Phi) is 3.60. The van der Waals surface area contributed by atoms with E-state index in [0.717, 1.165) is 9.35 Å². The van der Waals surface area contributed by atoms with Gasteiger partial charge in [0.2, 0.25) is 5.69 Å². The van der Waals surface area contributed by atoms with Crippen LogP contribution in [0.2, 0.25) is 0 Å². The van der Waals surface area contributed by atoms with E-state index in [-0.39, 0.29) is 5.69 Å². The molecule has 0 radical (unpaired) electrons. The fourth-order valence-electron chi connectivity index (χ4n) is 1.96. The molecular formula is C12H10BrN5O2S. The van der Waals surface area contributed by atoms with Crippen molar-refractivity contribution < 1.29 is 9.90 Å². The van der Waals surface area contributed by atoms with Crippen molar-refractivity contribution >= 4 is 33.2 Å². The van der Waals surface area contributed by atoms with Crippen molar-refractivity contribution in [2.75, 3.05) is 0 Å².